The van der Waals surface area contributed by atoms with Crippen LogP contribution in [-0.4, -0.2) is 36.1 Å². The van der Waals surface area contributed by atoms with Gasteiger partial charge in [0.25, 0.3) is 0 Å². The molecule has 1 aliphatic heterocycles. The number of aromatic nitrogens is 1. The molecule has 1 fully saturated rings. The minimum absolute atomic E-state index is 0.0598. The highest BCUT2D eigenvalue weighted by Gasteiger charge is 2.27. The van der Waals surface area contributed by atoms with Crippen LogP contribution in [0.2, 0.25) is 0 Å². The van der Waals surface area contributed by atoms with Crippen LogP contribution in [0.15, 0.2) is 30.5 Å². The summed E-state index contributed by atoms with van der Waals surface area (Å²) < 4.78 is 0. The monoisotopic (exact) mass is 337 g/mol. The first-order chi connectivity index (χ1) is 12.0. The number of benzene rings is 1. The molecule has 1 aromatic carbocycles. The molecule has 3 N–H and O–H groups in total. The Hall–Kier alpha value is -2.65. The van der Waals surface area contributed by atoms with Crippen LogP contribution in [0.4, 0.5) is 5.69 Å². The molecule has 0 aliphatic carbocycles. The molecule has 0 unspecified atom stereocenters. The quantitative estimate of drug-likeness (QED) is 0.890. The number of hydrogen-bond acceptors (Lipinski definition) is 5. The van der Waals surface area contributed by atoms with Crippen molar-refractivity contribution in [3.8, 4) is 6.07 Å². The average molecular weight is 337 g/mol. The first-order valence-electron chi connectivity index (χ1n) is 8.58. The Morgan fingerprint density at radius 3 is 2.96 bits per heavy atom. The van der Waals surface area contributed by atoms with Crippen molar-refractivity contribution in [1.82, 2.24) is 10.3 Å². The molecule has 0 radical (unpaired) electrons. The van der Waals surface area contributed by atoms with E-state index in [-0.39, 0.29) is 11.9 Å². The van der Waals surface area contributed by atoms with Crippen LogP contribution < -0.4 is 16.0 Å². The van der Waals surface area contributed by atoms with Crippen molar-refractivity contribution in [2.45, 2.75) is 32.4 Å². The summed E-state index contributed by atoms with van der Waals surface area (Å²) in [5.41, 5.74) is 8.02. The normalized spacial score (nSPS) is 21.6. The highest BCUT2D eigenvalue weighted by molar-refractivity contribution is 5.95. The summed E-state index contributed by atoms with van der Waals surface area (Å²) >= 11 is 0. The molecular formula is C19H23N5O. The van der Waals surface area contributed by atoms with E-state index in [1.165, 1.54) is 0 Å². The van der Waals surface area contributed by atoms with Crippen molar-refractivity contribution in [2.24, 2.45) is 11.7 Å². The molecule has 2 aromatic rings. The van der Waals surface area contributed by atoms with E-state index in [4.69, 9.17) is 5.73 Å². The molecule has 1 saturated heterocycles. The third-order valence-electron chi connectivity index (χ3n) is 4.63. The minimum Gasteiger partial charge on any atom is -0.369 e. The fraction of sp³-hybridized carbons (Fsp3) is 0.421. The van der Waals surface area contributed by atoms with Crippen LogP contribution in [0.1, 0.15) is 25.8 Å². The second-order valence-electron chi connectivity index (χ2n) is 6.88. The molecule has 130 valence electrons. The van der Waals surface area contributed by atoms with Crippen LogP contribution in [-0.2, 0) is 4.79 Å². The van der Waals surface area contributed by atoms with E-state index in [9.17, 15) is 10.1 Å². The van der Waals surface area contributed by atoms with Gasteiger partial charge in [0.2, 0.25) is 5.91 Å². The lowest BCUT2D eigenvalue weighted by molar-refractivity contribution is -0.122. The van der Waals surface area contributed by atoms with Crippen LogP contribution in [0, 0.1) is 17.2 Å². The zero-order valence-electron chi connectivity index (χ0n) is 14.6. The Bertz CT molecular complexity index is 826. The van der Waals surface area contributed by atoms with E-state index in [2.05, 4.69) is 28.2 Å². The van der Waals surface area contributed by atoms with E-state index in [0.717, 1.165) is 36.1 Å². The Morgan fingerprint density at radius 1 is 1.44 bits per heavy atom. The van der Waals surface area contributed by atoms with E-state index in [1.54, 1.807) is 13.1 Å². The second-order valence-corrected chi connectivity index (χ2v) is 6.88. The van der Waals surface area contributed by atoms with E-state index >= 15 is 0 Å². The number of carbonyl (C=O) groups excluding carboxylic acids is 1. The molecule has 6 nitrogen and oxygen atoms in total. The number of nitriles is 1. The van der Waals surface area contributed by atoms with Crippen LogP contribution >= 0.6 is 0 Å². The van der Waals surface area contributed by atoms with Gasteiger partial charge in [-0.25, -0.2) is 0 Å². The molecule has 3 atom stereocenters. The minimum atomic E-state index is -0.509. The van der Waals surface area contributed by atoms with Gasteiger partial charge in [0.05, 0.1) is 17.1 Å². The number of piperidine rings is 1. The van der Waals surface area contributed by atoms with E-state index in [0.29, 0.717) is 11.5 Å². The zero-order chi connectivity index (χ0) is 18.0. The maximum absolute atomic E-state index is 12.0. The topological polar surface area (TPSA) is 95.0 Å². The van der Waals surface area contributed by atoms with Crippen molar-refractivity contribution >= 4 is 22.5 Å². The maximum atomic E-state index is 12.0. The number of anilines is 1. The third kappa shape index (κ3) is 3.57. The predicted octanol–water partition coefficient (Wildman–Crippen LogP) is 1.78. The molecule has 2 heterocycles. The van der Waals surface area contributed by atoms with Crippen LogP contribution in [0.25, 0.3) is 10.9 Å². The number of fused-ring (bicyclic) bond motifs is 1. The number of nitrogens with zero attached hydrogens (tertiary/aromatic N) is 3. The lowest BCUT2D eigenvalue weighted by Gasteiger charge is -2.39. The van der Waals surface area contributed by atoms with Crippen LogP contribution in [0.3, 0.4) is 0 Å². The predicted molar refractivity (Wildman–Crippen MR) is 98.0 cm³/mol. The van der Waals surface area contributed by atoms with Gasteiger partial charge in [-0.3, -0.25) is 9.78 Å². The standard InChI is InChI=1S/C19H23N5O/c1-12-8-15(23-19(25)13(2)21)11-24(10-12)17-6-5-14(9-20)18-16(17)4-3-7-22-18/h3-7,12-13,15H,8,10-11,21H2,1-2H3,(H,23,25)/t12-,13-,15+/m0/s1. The highest BCUT2D eigenvalue weighted by Crippen LogP contribution is 2.31. The lowest BCUT2D eigenvalue weighted by atomic mass is 9.94. The molecular weight excluding hydrogens is 314 g/mol. The SMILES string of the molecule is C[C@H]1C[C@@H](NC(=O)[C@H](C)N)CN(c2ccc(C#N)c3ncccc23)C1. The highest BCUT2D eigenvalue weighted by atomic mass is 16.2. The maximum Gasteiger partial charge on any atom is 0.236 e. The average Bonchev–Trinajstić information content (AvgIpc) is 2.60. The summed E-state index contributed by atoms with van der Waals surface area (Å²) in [6, 6.07) is 9.43. The fourth-order valence-corrected chi connectivity index (χ4v) is 3.51. The molecule has 0 spiro atoms. The summed E-state index contributed by atoms with van der Waals surface area (Å²) in [5, 5.41) is 13.3. The number of nitrogens with two attached hydrogens (primary N) is 1. The largest absolute Gasteiger partial charge is 0.369 e. The molecule has 0 bridgehead atoms. The molecule has 25 heavy (non-hydrogen) atoms. The molecule has 1 aliphatic rings. The van der Waals surface area contributed by atoms with Crippen molar-refractivity contribution in [3.63, 3.8) is 0 Å². The summed E-state index contributed by atoms with van der Waals surface area (Å²) in [5.74, 6) is 0.319. The third-order valence-corrected chi connectivity index (χ3v) is 4.63. The number of carbonyl (C=O) groups is 1. The van der Waals surface area contributed by atoms with Gasteiger partial charge in [-0.05, 0) is 43.5 Å². The van der Waals surface area contributed by atoms with Gasteiger partial charge in [0, 0.05) is 36.4 Å². The fourth-order valence-electron chi connectivity index (χ4n) is 3.51. The summed E-state index contributed by atoms with van der Waals surface area (Å²) in [6.07, 6.45) is 2.64. The number of rotatable bonds is 3. The summed E-state index contributed by atoms with van der Waals surface area (Å²) in [7, 11) is 0. The Morgan fingerprint density at radius 2 is 2.24 bits per heavy atom. The number of nitrogens with one attached hydrogen (secondary N) is 1. The zero-order valence-corrected chi connectivity index (χ0v) is 14.6. The molecule has 0 saturated carbocycles. The van der Waals surface area contributed by atoms with Crippen LogP contribution in [0.5, 0.6) is 0 Å². The Balaban J connectivity index is 1.92. The van der Waals surface area contributed by atoms with Crippen molar-refractivity contribution in [1.29, 1.82) is 5.26 Å². The Labute approximate surface area is 147 Å². The first-order valence-corrected chi connectivity index (χ1v) is 8.58. The lowest BCUT2D eigenvalue weighted by Crippen LogP contribution is -2.53. The first kappa shape index (κ1) is 17.2. The second kappa shape index (κ2) is 7.08. The number of pyridine rings is 1. The smallest absolute Gasteiger partial charge is 0.236 e. The molecule has 1 amide bonds. The van der Waals surface area contributed by atoms with Gasteiger partial charge in [0.15, 0.2) is 0 Å². The number of hydrogen-bond donors (Lipinski definition) is 2. The van der Waals surface area contributed by atoms with Crippen molar-refractivity contribution in [3.05, 3.63) is 36.0 Å². The Kier molecular flexibility index (Phi) is 4.86. The molecule has 6 heteroatoms. The van der Waals surface area contributed by atoms with Gasteiger partial charge in [-0.15, -0.1) is 0 Å². The van der Waals surface area contributed by atoms with Gasteiger partial charge in [-0.2, -0.15) is 5.26 Å². The van der Waals surface area contributed by atoms with Gasteiger partial charge in [0.1, 0.15) is 6.07 Å². The van der Waals surface area contributed by atoms with Gasteiger partial charge >= 0.3 is 0 Å². The van der Waals surface area contributed by atoms with Crippen molar-refractivity contribution < 1.29 is 4.79 Å². The van der Waals surface area contributed by atoms with Crippen molar-refractivity contribution in [2.75, 3.05) is 18.0 Å². The number of amides is 1. The molecule has 3 rings (SSSR count). The summed E-state index contributed by atoms with van der Waals surface area (Å²) in [6.45, 7) is 5.50. The van der Waals surface area contributed by atoms with E-state index < -0.39 is 6.04 Å². The van der Waals surface area contributed by atoms with E-state index in [1.807, 2.05) is 24.3 Å². The van der Waals surface area contributed by atoms with Gasteiger partial charge in [-0.1, -0.05) is 6.92 Å². The molecule has 1 aromatic heterocycles. The van der Waals surface area contributed by atoms with Gasteiger partial charge < -0.3 is 16.0 Å². The summed E-state index contributed by atoms with van der Waals surface area (Å²) in [4.78, 5) is 18.6.